The lowest BCUT2D eigenvalue weighted by Crippen LogP contribution is -2.10. The van der Waals surface area contributed by atoms with Crippen molar-refractivity contribution >= 4 is 5.97 Å². The molecule has 0 spiro atoms. The van der Waals surface area contributed by atoms with Crippen molar-refractivity contribution in [2.24, 2.45) is 0 Å². The van der Waals surface area contributed by atoms with E-state index in [1.54, 1.807) is 0 Å². The number of nitrogens with one attached hydrogen (secondary N) is 1. The fourth-order valence-electron chi connectivity index (χ4n) is 1.80. The molecule has 0 radical (unpaired) electrons. The smallest absolute Gasteiger partial charge is 0.353 e. The maximum atomic E-state index is 10.8. The van der Waals surface area contributed by atoms with Crippen LogP contribution in [0.25, 0.3) is 11.3 Å². The minimum Gasteiger partial charge on any atom is -0.477 e. The Morgan fingerprint density at radius 2 is 2.28 bits per heavy atom. The number of carboxylic acid groups (broad SMARTS) is 1. The van der Waals surface area contributed by atoms with Gasteiger partial charge in [-0.25, -0.2) is 4.79 Å². The summed E-state index contributed by atoms with van der Waals surface area (Å²) < 4.78 is 10.5. The lowest BCUT2D eigenvalue weighted by Gasteiger charge is -2.17. The summed E-state index contributed by atoms with van der Waals surface area (Å²) in [6.07, 6.45) is 0. The molecule has 2 aromatic rings. The van der Waals surface area contributed by atoms with Crippen molar-refractivity contribution in [3.8, 4) is 17.0 Å². The highest BCUT2D eigenvalue weighted by Crippen LogP contribution is 2.29. The summed E-state index contributed by atoms with van der Waals surface area (Å²) in [5.74, 6) is -0.282. The zero-order valence-electron chi connectivity index (χ0n) is 9.34. The largest absolute Gasteiger partial charge is 0.477 e. The van der Waals surface area contributed by atoms with Gasteiger partial charge in [-0.15, -0.1) is 0 Å². The average Bonchev–Trinajstić information content (AvgIpc) is 2.88. The molecule has 1 aromatic heterocycles. The molecule has 1 aromatic carbocycles. The molecule has 3 rings (SSSR count). The van der Waals surface area contributed by atoms with Crippen LogP contribution in [0.5, 0.6) is 5.75 Å². The second-order valence-electron chi connectivity index (χ2n) is 3.91. The Kier molecular flexibility index (Phi) is 2.49. The summed E-state index contributed by atoms with van der Waals surface area (Å²) in [5.41, 5.74) is 2.41. The van der Waals surface area contributed by atoms with Crippen LogP contribution in [0.15, 0.2) is 24.3 Å². The van der Waals surface area contributed by atoms with E-state index < -0.39 is 5.97 Å². The molecule has 0 unspecified atom stereocenters. The topological polar surface area (TPSA) is 84.4 Å². The Hall–Kier alpha value is -2.34. The summed E-state index contributed by atoms with van der Waals surface area (Å²) in [6, 6.07) is 7.07. The van der Waals surface area contributed by atoms with Crippen LogP contribution in [0.3, 0.4) is 0 Å². The Balaban J connectivity index is 1.98. The number of fused-ring (bicyclic) bond motifs is 1. The number of hydrogen-bond acceptors (Lipinski definition) is 4. The number of aromatic nitrogens is 2. The van der Waals surface area contributed by atoms with E-state index in [0.717, 1.165) is 16.9 Å². The molecule has 6 heteroatoms. The number of nitrogens with zero attached hydrogens (tertiary/aromatic N) is 1. The Bertz CT molecular complexity index is 606. The second kappa shape index (κ2) is 4.15. The highest BCUT2D eigenvalue weighted by Gasteiger charge is 2.14. The van der Waals surface area contributed by atoms with Crippen LogP contribution >= 0.6 is 0 Å². The number of carbonyl (C=O) groups is 1. The van der Waals surface area contributed by atoms with Crippen molar-refractivity contribution in [2.45, 2.75) is 6.61 Å². The van der Waals surface area contributed by atoms with Gasteiger partial charge in [-0.2, -0.15) is 5.10 Å². The third kappa shape index (κ3) is 1.82. The van der Waals surface area contributed by atoms with Gasteiger partial charge in [0.1, 0.15) is 11.4 Å². The molecule has 0 amide bonds. The zero-order valence-corrected chi connectivity index (χ0v) is 9.34. The summed E-state index contributed by atoms with van der Waals surface area (Å²) in [6.45, 7) is 0.758. The quantitative estimate of drug-likeness (QED) is 0.841. The molecule has 1 aliphatic rings. The van der Waals surface area contributed by atoms with Gasteiger partial charge in [0.05, 0.1) is 12.3 Å². The van der Waals surface area contributed by atoms with E-state index in [9.17, 15) is 4.79 Å². The van der Waals surface area contributed by atoms with Crippen molar-refractivity contribution < 1.29 is 19.4 Å². The normalized spacial score (nSPS) is 13.8. The molecule has 0 aliphatic carbocycles. The number of aromatic carboxylic acids is 1. The highest BCUT2D eigenvalue weighted by molar-refractivity contribution is 5.86. The van der Waals surface area contributed by atoms with Crippen molar-refractivity contribution in [2.75, 3.05) is 6.79 Å². The molecule has 0 fully saturated rings. The predicted molar refractivity (Wildman–Crippen MR) is 61.3 cm³/mol. The van der Waals surface area contributed by atoms with Crippen molar-refractivity contribution in [1.29, 1.82) is 0 Å². The molecular formula is C12H10N2O4. The lowest BCUT2D eigenvalue weighted by molar-refractivity contribution is -0.0163. The molecule has 6 nitrogen and oxygen atoms in total. The summed E-state index contributed by atoms with van der Waals surface area (Å²) >= 11 is 0. The van der Waals surface area contributed by atoms with Crippen LogP contribution in [-0.4, -0.2) is 28.1 Å². The molecule has 18 heavy (non-hydrogen) atoms. The van der Waals surface area contributed by atoms with E-state index in [-0.39, 0.29) is 12.5 Å². The fraction of sp³-hybridized carbons (Fsp3) is 0.167. The van der Waals surface area contributed by atoms with E-state index in [0.29, 0.717) is 12.3 Å². The maximum absolute atomic E-state index is 10.8. The minimum atomic E-state index is -1.03. The third-order valence-corrected chi connectivity index (χ3v) is 2.73. The first-order valence-corrected chi connectivity index (χ1v) is 5.36. The molecule has 1 aliphatic heterocycles. The average molecular weight is 246 g/mol. The van der Waals surface area contributed by atoms with Gasteiger partial charge in [0, 0.05) is 11.1 Å². The van der Waals surface area contributed by atoms with Crippen molar-refractivity contribution in [3.05, 3.63) is 35.5 Å². The Labute approximate surface area is 102 Å². The van der Waals surface area contributed by atoms with Gasteiger partial charge < -0.3 is 14.6 Å². The van der Waals surface area contributed by atoms with Gasteiger partial charge in [0.2, 0.25) is 0 Å². The van der Waals surface area contributed by atoms with Crippen LogP contribution in [0.1, 0.15) is 16.1 Å². The first-order valence-electron chi connectivity index (χ1n) is 5.36. The number of rotatable bonds is 2. The number of benzene rings is 1. The van der Waals surface area contributed by atoms with Crippen molar-refractivity contribution in [1.82, 2.24) is 10.2 Å². The standard InChI is InChI=1S/C12H10N2O4/c15-12(16)10-4-9(13-14-10)7-1-2-8-5-17-6-18-11(8)3-7/h1-4H,5-6H2,(H,13,14)(H,15,16). The molecule has 92 valence electrons. The van der Waals surface area contributed by atoms with Crippen molar-refractivity contribution in [3.63, 3.8) is 0 Å². The third-order valence-electron chi connectivity index (χ3n) is 2.73. The van der Waals surface area contributed by atoms with E-state index >= 15 is 0 Å². The second-order valence-corrected chi connectivity index (χ2v) is 3.91. The summed E-state index contributed by atoms with van der Waals surface area (Å²) in [4.78, 5) is 10.8. The van der Waals surface area contributed by atoms with Crippen LogP contribution in [0, 0.1) is 0 Å². The van der Waals surface area contributed by atoms with E-state index in [4.69, 9.17) is 14.6 Å². The predicted octanol–water partition coefficient (Wildman–Crippen LogP) is 1.64. The number of hydrogen-bond donors (Lipinski definition) is 2. The molecular weight excluding hydrogens is 236 g/mol. The first kappa shape index (κ1) is 10.8. The van der Waals surface area contributed by atoms with Crippen LogP contribution < -0.4 is 4.74 Å². The molecule has 0 saturated heterocycles. The Morgan fingerprint density at radius 1 is 1.39 bits per heavy atom. The van der Waals surface area contributed by atoms with Gasteiger partial charge >= 0.3 is 5.97 Å². The van der Waals surface area contributed by atoms with Gasteiger partial charge in [-0.05, 0) is 12.1 Å². The van der Waals surface area contributed by atoms with Gasteiger partial charge in [0.15, 0.2) is 6.79 Å². The maximum Gasteiger partial charge on any atom is 0.353 e. The van der Waals surface area contributed by atoms with E-state index in [1.807, 2.05) is 18.2 Å². The van der Waals surface area contributed by atoms with E-state index in [1.165, 1.54) is 6.07 Å². The summed E-state index contributed by atoms with van der Waals surface area (Å²) in [7, 11) is 0. The van der Waals surface area contributed by atoms with Gasteiger partial charge in [0.25, 0.3) is 0 Å². The fourth-order valence-corrected chi connectivity index (χ4v) is 1.80. The van der Waals surface area contributed by atoms with Gasteiger partial charge in [-0.1, -0.05) is 12.1 Å². The monoisotopic (exact) mass is 246 g/mol. The summed E-state index contributed by atoms with van der Waals surface area (Å²) in [5, 5.41) is 15.3. The highest BCUT2D eigenvalue weighted by atomic mass is 16.7. The van der Waals surface area contributed by atoms with Gasteiger partial charge in [-0.3, -0.25) is 5.10 Å². The van der Waals surface area contributed by atoms with E-state index in [2.05, 4.69) is 10.2 Å². The molecule has 2 heterocycles. The van der Waals surface area contributed by atoms with Crippen LogP contribution in [0.4, 0.5) is 0 Å². The lowest BCUT2D eigenvalue weighted by atomic mass is 10.1. The Morgan fingerprint density at radius 3 is 3.06 bits per heavy atom. The molecule has 0 atom stereocenters. The number of ether oxygens (including phenoxy) is 2. The molecule has 0 saturated carbocycles. The number of H-pyrrole nitrogens is 1. The van der Waals surface area contributed by atoms with Crippen LogP contribution in [-0.2, 0) is 11.3 Å². The number of aromatic amines is 1. The SMILES string of the molecule is O=C(O)c1cc(-c2ccc3c(c2)OCOC3)n[nH]1. The first-order chi connectivity index (χ1) is 8.74. The minimum absolute atomic E-state index is 0.0620. The molecule has 0 bridgehead atoms. The number of carboxylic acids is 1. The molecule has 2 N–H and O–H groups in total. The van der Waals surface area contributed by atoms with Crippen LogP contribution in [0.2, 0.25) is 0 Å². The zero-order chi connectivity index (χ0) is 12.5.